The summed E-state index contributed by atoms with van der Waals surface area (Å²) in [5.74, 6) is 0.559. The lowest BCUT2D eigenvalue weighted by Crippen LogP contribution is -2.37. The molecule has 0 saturated heterocycles. The first kappa shape index (κ1) is 13.0. The van der Waals surface area contributed by atoms with Crippen molar-refractivity contribution in [2.45, 2.75) is 52.5 Å². The largest absolute Gasteiger partial charge is 0.215 e. The molecule has 1 unspecified atom stereocenters. The molecule has 2 heteroatoms. The maximum absolute atomic E-state index is 11.9. The first-order valence-corrected chi connectivity index (χ1v) is 5.93. The van der Waals surface area contributed by atoms with Crippen LogP contribution in [0.4, 0.5) is 5.69 Å². The van der Waals surface area contributed by atoms with E-state index < -0.39 is 0 Å². The molecule has 0 aliphatic rings. The SMILES string of the molecule is CCC(C)c1ccc(N([O])C(C)(C)C)cc1. The minimum atomic E-state index is -0.377. The number of hydrogen-bond acceptors (Lipinski definition) is 1. The first-order chi connectivity index (χ1) is 7.36. The fraction of sp³-hybridized carbons (Fsp3) is 0.571. The van der Waals surface area contributed by atoms with Crippen LogP contribution in [0, 0.1) is 0 Å². The normalized spacial score (nSPS) is 13.6. The van der Waals surface area contributed by atoms with Crippen molar-refractivity contribution in [2.75, 3.05) is 5.06 Å². The van der Waals surface area contributed by atoms with Crippen molar-refractivity contribution < 1.29 is 5.21 Å². The summed E-state index contributed by atoms with van der Waals surface area (Å²) in [4.78, 5) is 0. The molecule has 0 heterocycles. The molecule has 16 heavy (non-hydrogen) atoms. The van der Waals surface area contributed by atoms with Crippen molar-refractivity contribution in [1.29, 1.82) is 0 Å². The number of nitrogens with zero attached hydrogens (tertiary/aromatic N) is 1. The maximum atomic E-state index is 11.9. The first-order valence-electron chi connectivity index (χ1n) is 5.93. The van der Waals surface area contributed by atoms with E-state index in [9.17, 15) is 5.21 Å². The van der Waals surface area contributed by atoms with Crippen LogP contribution >= 0.6 is 0 Å². The monoisotopic (exact) mass is 220 g/mol. The molecule has 0 fully saturated rings. The summed E-state index contributed by atoms with van der Waals surface area (Å²) >= 11 is 0. The number of hydrogen-bond donors (Lipinski definition) is 0. The van der Waals surface area contributed by atoms with Gasteiger partial charge in [-0.15, -0.1) is 0 Å². The van der Waals surface area contributed by atoms with E-state index >= 15 is 0 Å². The summed E-state index contributed by atoms with van der Waals surface area (Å²) in [6.07, 6.45) is 1.12. The van der Waals surface area contributed by atoms with Gasteiger partial charge in [-0.3, -0.25) is 0 Å². The van der Waals surface area contributed by atoms with E-state index in [4.69, 9.17) is 0 Å². The Kier molecular flexibility index (Phi) is 3.98. The van der Waals surface area contributed by atoms with Gasteiger partial charge in [0.1, 0.15) is 0 Å². The molecule has 1 radical (unpaired) electrons. The minimum absolute atomic E-state index is 0.377. The molecule has 1 rings (SSSR count). The molecule has 2 nitrogen and oxygen atoms in total. The standard InChI is InChI=1S/C14H22NO/c1-6-11(2)12-7-9-13(10-8-12)15(16)14(3,4)5/h7-11H,6H2,1-5H3. The maximum Gasteiger partial charge on any atom is 0.0674 e. The lowest BCUT2D eigenvalue weighted by Gasteiger charge is -2.28. The predicted octanol–water partition coefficient (Wildman–Crippen LogP) is 4.15. The zero-order chi connectivity index (χ0) is 12.3. The third kappa shape index (κ3) is 2.99. The van der Waals surface area contributed by atoms with Crippen LogP contribution < -0.4 is 5.06 Å². The molecule has 0 bridgehead atoms. The molecule has 89 valence electrons. The predicted molar refractivity (Wildman–Crippen MR) is 68.1 cm³/mol. The van der Waals surface area contributed by atoms with Crippen LogP contribution in [0.2, 0.25) is 0 Å². The lowest BCUT2D eigenvalue weighted by atomic mass is 9.98. The van der Waals surface area contributed by atoms with Gasteiger partial charge in [-0.2, -0.15) is 0 Å². The second-order valence-electron chi connectivity index (χ2n) is 5.37. The Balaban J connectivity index is 2.87. The molecule has 0 spiro atoms. The molecule has 0 amide bonds. The van der Waals surface area contributed by atoms with Crippen molar-refractivity contribution in [3.05, 3.63) is 29.8 Å². The summed E-state index contributed by atoms with van der Waals surface area (Å²) < 4.78 is 0. The highest BCUT2D eigenvalue weighted by molar-refractivity contribution is 5.47. The van der Waals surface area contributed by atoms with Gasteiger partial charge in [0, 0.05) is 0 Å². The van der Waals surface area contributed by atoms with Crippen LogP contribution in [0.1, 0.15) is 52.5 Å². The Labute approximate surface area is 98.9 Å². The van der Waals surface area contributed by atoms with Gasteiger partial charge in [-0.05, 0) is 50.8 Å². The van der Waals surface area contributed by atoms with Crippen LogP contribution in [0.3, 0.4) is 0 Å². The lowest BCUT2D eigenvalue weighted by molar-refractivity contribution is 0.102. The number of benzene rings is 1. The van der Waals surface area contributed by atoms with Crippen LogP contribution in [0.25, 0.3) is 0 Å². The quantitative estimate of drug-likeness (QED) is 0.702. The average molecular weight is 220 g/mol. The summed E-state index contributed by atoms with van der Waals surface area (Å²) in [5.41, 5.74) is 1.66. The van der Waals surface area contributed by atoms with Gasteiger partial charge < -0.3 is 0 Å². The molecule has 1 aromatic carbocycles. The van der Waals surface area contributed by atoms with E-state index in [0.29, 0.717) is 5.92 Å². The third-order valence-corrected chi connectivity index (χ3v) is 2.92. The van der Waals surface area contributed by atoms with Crippen molar-refractivity contribution in [1.82, 2.24) is 0 Å². The van der Waals surface area contributed by atoms with Gasteiger partial charge in [0.05, 0.1) is 11.2 Å². The molecular formula is C14H22NO. The molecule has 0 aromatic heterocycles. The van der Waals surface area contributed by atoms with Gasteiger partial charge in [0.2, 0.25) is 0 Å². The molecular weight excluding hydrogens is 198 g/mol. The summed E-state index contributed by atoms with van der Waals surface area (Å²) in [6, 6.07) is 7.94. The Morgan fingerprint density at radius 2 is 1.69 bits per heavy atom. The smallest absolute Gasteiger partial charge is 0.0674 e. The Hall–Kier alpha value is -1.02. The van der Waals surface area contributed by atoms with Gasteiger partial charge in [0.25, 0.3) is 0 Å². The average Bonchev–Trinajstić information content (AvgIpc) is 2.26. The van der Waals surface area contributed by atoms with Crippen molar-refractivity contribution in [3.63, 3.8) is 0 Å². The highest BCUT2D eigenvalue weighted by Gasteiger charge is 2.21. The molecule has 0 aliphatic heterocycles. The van der Waals surface area contributed by atoms with Crippen LogP contribution in [-0.2, 0) is 5.21 Å². The van der Waals surface area contributed by atoms with E-state index in [-0.39, 0.29) is 5.54 Å². The summed E-state index contributed by atoms with van der Waals surface area (Å²) in [7, 11) is 0. The molecule has 0 saturated carbocycles. The van der Waals surface area contributed by atoms with Gasteiger partial charge in [-0.1, -0.05) is 31.2 Å². The highest BCUT2D eigenvalue weighted by atomic mass is 16.5. The van der Waals surface area contributed by atoms with E-state index in [1.807, 2.05) is 32.9 Å². The number of rotatable bonds is 3. The molecule has 0 N–H and O–H groups in total. The van der Waals surface area contributed by atoms with E-state index in [2.05, 4.69) is 26.0 Å². The fourth-order valence-corrected chi connectivity index (χ4v) is 1.56. The minimum Gasteiger partial charge on any atom is -0.215 e. The molecule has 1 aromatic rings. The Bertz CT molecular complexity index is 324. The van der Waals surface area contributed by atoms with Gasteiger partial charge in [0.15, 0.2) is 0 Å². The Morgan fingerprint density at radius 1 is 1.19 bits per heavy atom. The zero-order valence-corrected chi connectivity index (χ0v) is 10.9. The van der Waals surface area contributed by atoms with Crippen LogP contribution in [0.5, 0.6) is 0 Å². The fourth-order valence-electron chi connectivity index (χ4n) is 1.56. The topological polar surface area (TPSA) is 23.1 Å². The molecule has 0 aliphatic carbocycles. The van der Waals surface area contributed by atoms with Crippen LogP contribution in [0.15, 0.2) is 24.3 Å². The highest BCUT2D eigenvalue weighted by Crippen LogP contribution is 2.25. The number of anilines is 1. The van der Waals surface area contributed by atoms with E-state index in [0.717, 1.165) is 17.2 Å². The van der Waals surface area contributed by atoms with Crippen molar-refractivity contribution in [2.24, 2.45) is 0 Å². The van der Waals surface area contributed by atoms with Crippen molar-refractivity contribution in [3.8, 4) is 0 Å². The second kappa shape index (κ2) is 4.88. The van der Waals surface area contributed by atoms with Crippen LogP contribution in [-0.4, -0.2) is 5.54 Å². The van der Waals surface area contributed by atoms with E-state index in [1.165, 1.54) is 5.56 Å². The summed E-state index contributed by atoms with van der Waals surface area (Å²) in [5, 5.41) is 13.0. The van der Waals surface area contributed by atoms with E-state index in [1.54, 1.807) is 0 Å². The zero-order valence-electron chi connectivity index (χ0n) is 10.9. The second-order valence-corrected chi connectivity index (χ2v) is 5.37. The Morgan fingerprint density at radius 3 is 2.06 bits per heavy atom. The van der Waals surface area contributed by atoms with Crippen molar-refractivity contribution >= 4 is 5.69 Å². The number of hydroxylamine groups is 1. The third-order valence-electron chi connectivity index (χ3n) is 2.92. The molecule has 1 atom stereocenters. The van der Waals surface area contributed by atoms with Gasteiger partial charge >= 0.3 is 0 Å². The summed E-state index contributed by atoms with van der Waals surface area (Å²) in [6.45, 7) is 10.1. The van der Waals surface area contributed by atoms with Gasteiger partial charge in [-0.25, -0.2) is 5.06 Å².